The minimum atomic E-state index is -0.174. The number of anilines is 3. The van der Waals surface area contributed by atoms with E-state index in [9.17, 15) is 0 Å². The Hall–Kier alpha value is -7.00. The molecule has 1 aromatic heterocycles. The van der Waals surface area contributed by atoms with Gasteiger partial charge in [0.1, 0.15) is 0 Å². The lowest BCUT2D eigenvalue weighted by Crippen LogP contribution is -2.24. The molecule has 0 bridgehead atoms. The molecule has 10 aromatic rings. The normalized spacial score (nSPS) is 16.3. The number of aryl methyl sites for hydroxylation is 1. The van der Waals surface area contributed by atoms with Gasteiger partial charge in [0, 0.05) is 42.4 Å². The topological polar surface area (TPSA) is 3.24 Å². The Kier molecular flexibility index (Phi) is 7.63. The van der Waals surface area contributed by atoms with Crippen LogP contribution in [0, 0.1) is 0 Å². The van der Waals surface area contributed by atoms with Crippen molar-refractivity contribution in [2.24, 2.45) is 0 Å². The van der Waals surface area contributed by atoms with Gasteiger partial charge >= 0.3 is 0 Å². The van der Waals surface area contributed by atoms with Gasteiger partial charge in [-0.25, -0.2) is 0 Å². The molecule has 0 radical (unpaired) electrons. The minimum absolute atomic E-state index is 0.108. The summed E-state index contributed by atoms with van der Waals surface area (Å²) in [5.74, 6) is 0. The average Bonchev–Trinajstić information content (AvgIpc) is 4.05. The van der Waals surface area contributed by atoms with Crippen LogP contribution in [0.4, 0.5) is 17.1 Å². The molecule has 9 aromatic carbocycles. The van der Waals surface area contributed by atoms with Crippen molar-refractivity contribution in [2.75, 3.05) is 4.90 Å². The molecule has 3 aliphatic carbocycles. The van der Waals surface area contributed by atoms with Gasteiger partial charge in [-0.2, -0.15) is 0 Å². The van der Waals surface area contributed by atoms with Crippen molar-refractivity contribution in [3.63, 3.8) is 0 Å². The zero-order chi connectivity index (χ0) is 41.2. The third-order valence-electron chi connectivity index (χ3n) is 14.5. The van der Waals surface area contributed by atoms with Crippen molar-refractivity contribution in [1.82, 2.24) is 0 Å². The van der Waals surface area contributed by atoms with Crippen molar-refractivity contribution < 1.29 is 0 Å². The van der Waals surface area contributed by atoms with Gasteiger partial charge in [-0.05, 0) is 133 Å². The van der Waals surface area contributed by atoms with Crippen LogP contribution in [0.3, 0.4) is 0 Å². The third kappa shape index (κ3) is 4.90. The highest BCUT2D eigenvalue weighted by Gasteiger charge is 2.48. The van der Waals surface area contributed by atoms with E-state index in [0.717, 1.165) is 18.5 Å². The summed E-state index contributed by atoms with van der Waals surface area (Å²) in [5, 5.41) is 2.60. The molecule has 1 atom stereocenters. The average molecular weight is 810 g/mol. The first-order valence-electron chi connectivity index (χ1n) is 22.0. The fraction of sp³-hybridized carbons (Fsp3) is 0.100. The Morgan fingerprint density at radius 3 is 1.84 bits per heavy atom. The highest BCUT2D eigenvalue weighted by Crippen LogP contribution is 2.60. The molecule has 0 N–H and O–H groups in total. The number of thiophene rings is 1. The maximum atomic E-state index is 2.53. The fourth-order valence-corrected chi connectivity index (χ4v) is 13.0. The summed E-state index contributed by atoms with van der Waals surface area (Å²) < 4.78 is 2.61. The van der Waals surface area contributed by atoms with E-state index in [-0.39, 0.29) is 10.8 Å². The zero-order valence-electron chi connectivity index (χ0n) is 34.8. The number of nitrogens with zero attached hydrogens (tertiary/aromatic N) is 1. The predicted octanol–water partition coefficient (Wildman–Crippen LogP) is 16.4. The molecule has 1 unspecified atom stereocenters. The highest BCUT2D eigenvalue weighted by molar-refractivity contribution is 7.26. The summed E-state index contributed by atoms with van der Waals surface area (Å²) in [6.07, 6.45) is 2.16. The maximum Gasteiger partial charge on any atom is 0.0554 e. The van der Waals surface area contributed by atoms with E-state index < -0.39 is 0 Å². The molecular formula is C60H43NS. The Bertz CT molecular complexity index is 3460. The van der Waals surface area contributed by atoms with E-state index in [1.165, 1.54) is 109 Å². The summed E-state index contributed by atoms with van der Waals surface area (Å²) in [5.41, 5.74) is 22.3. The molecule has 0 saturated carbocycles. The van der Waals surface area contributed by atoms with Gasteiger partial charge in [-0.15, -0.1) is 11.3 Å². The smallest absolute Gasteiger partial charge is 0.0554 e. The molecule has 0 amide bonds. The Morgan fingerprint density at radius 1 is 0.435 bits per heavy atom. The Balaban J connectivity index is 0.992. The van der Waals surface area contributed by atoms with Crippen molar-refractivity contribution in [2.45, 2.75) is 37.5 Å². The van der Waals surface area contributed by atoms with Crippen LogP contribution in [0.2, 0.25) is 0 Å². The second-order valence-corrected chi connectivity index (χ2v) is 19.0. The monoisotopic (exact) mass is 809 g/mol. The summed E-state index contributed by atoms with van der Waals surface area (Å²) in [6.45, 7) is 4.77. The molecule has 2 heteroatoms. The highest BCUT2D eigenvalue weighted by atomic mass is 32.1. The van der Waals surface area contributed by atoms with Crippen LogP contribution in [-0.4, -0.2) is 0 Å². The second kappa shape index (κ2) is 13.2. The Labute approximate surface area is 367 Å². The van der Waals surface area contributed by atoms with Gasteiger partial charge in [0.2, 0.25) is 0 Å². The molecule has 62 heavy (non-hydrogen) atoms. The first kappa shape index (κ1) is 35.7. The van der Waals surface area contributed by atoms with Crippen molar-refractivity contribution in [3.8, 4) is 44.5 Å². The summed E-state index contributed by atoms with van der Waals surface area (Å²) >= 11 is 1.88. The number of hydrogen-bond donors (Lipinski definition) is 0. The van der Waals surface area contributed by atoms with E-state index in [0.29, 0.717) is 0 Å². The van der Waals surface area contributed by atoms with Crippen molar-refractivity contribution in [1.29, 1.82) is 0 Å². The Morgan fingerprint density at radius 2 is 1.02 bits per heavy atom. The van der Waals surface area contributed by atoms with Crippen molar-refractivity contribution in [3.05, 3.63) is 234 Å². The van der Waals surface area contributed by atoms with E-state index in [1.807, 2.05) is 11.3 Å². The molecule has 0 aliphatic heterocycles. The molecule has 1 nitrogen and oxygen atoms in total. The largest absolute Gasteiger partial charge is 0.310 e. The number of fused-ring (bicyclic) bond motifs is 13. The fourth-order valence-electron chi connectivity index (χ4n) is 11.9. The van der Waals surface area contributed by atoms with Crippen molar-refractivity contribution >= 4 is 48.6 Å². The van der Waals surface area contributed by atoms with Crippen LogP contribution in [0.1, 0.15) is 53.6 Å². The van der Waals surface area contributed by atoms with E-state index in [4.69, 9.17) is 0 Å². The SMILES string of the molecule is CC1(C)c2ccccc2-c2cccc(-c3ccccc3-c3ccc(N(c4ccc5c(c4)C4(CCc6ccccc64)c4ccccc4-5)c4cccc5sc6ccccc6c45)cc3)c21. The zero-order valence-corrected chi connectivity index (χ0v) is 35.6. The first-order valence-corrected chi connectivity index (χ1v) is 22.8. The summed E-state index contributed by atoms with van der Waals surface area (Å²) in [4.78, 5) is 2.53. The molecule has 3 aliphatic rings. The maximum absolute atomic E-state index is 2.53. The second-order valence-electron chi connectivity index (χ2n) is 17.9. The molecule has 1 heterocycles. The molecular weight excluding hydrogens is 767 g/mol. The van der Waals surface area contributed by atoms with Crippen LogP contribution in [0.5, 0.6) is 0 Å². The van der Waals surface area contributed by atoms with Crippen LogP contribution in [0.25, 0.3) is 64.7 Å². The van der Waals surface area contributed by atoms with E-state index in [1.54, 1.807) is 0 Å². The van der Waals surface area contributed by atoms with Gasteiger partial charge in [-0.1, -0.05) is 172 Å². The standard InChI is InChI=1S/C60H43NS/c1-59(2)51-24-10-6-19-45(51)48-22-13-21-47(58(48)59)43-17-5-4-16-42(43)38-29-31-40(32-30-38)61(54-26-14-28-56-57(54)49-20-8-12-27-55(49)62-56)41-33-34-46-44-18-7-11-25-52(44)60(53(46)37-41)36-35-39-15-3-9-23-50(39)60/h3-34,37H,35-36H2,1-2H3. The lowest BCUT2D eigenvalue weighted by atomic mass is 9.73. The number of benzene rings is 9. The van der Waals surface area contributed by atoms with Gasteiger partial charge < -0.3 is 4.90 Å². The van der Waals surface area contributed by atoms with Gasteiger partial charge in [0.25, 0.3) is 0 Å². The van der Waals surface area contributed by atoms with Gasteiger partial charge in [0.05, 0.1) is 5.69 Å². The van der Waals surface area contributed by atoms with Crippen LogP contribution in [0.15, 0.2) is 200 Å². The molecule has 1 spiro atoms. The molecule has 294 valence electrons. The van der Waals surface area contributed by atoms with Crippen LogP contribution < -0.4 is 4.90 Å². The summed E-state index contributed by atoms with van der Waals surface area (Å²) in [7, 11) is 0. The number of rotatable bonds is 5. The van der Waals surface area contributed by atoms with E-state index in [2.05, 4.69) is 219 Å². The summed E-state index contributed by atoms with van der Waals surface area (Å²) in [6, 6.07) is 75.5. The molecule has 0 saturated heterocycles. The minimum Gasteiger partial charge on any atom is -0.310 e. The quantitative estimate of drug-likeness (QED) is 0.167. The van der Waals surface area contributed by atoms with Crippen LogP contribution >= 0.6 is 11.3 Å². The van der Waals surface area contributed by atoms with Crippen LogP contribution in [-0.2, 0) is 17.3 Å². The van der Waals surface area contributed by atoms with Gasteiger partial charge in [0.15, 0.2) is 0 Å². The lowest BCUT2D eigenvalue weighted by Gasteiger charge is -2.31. The molecule has 13 rings (SSSR count). The van der Waals surface area contributed by atoms with Gasteiger partial charge in [-0.3, -0.25) is 0 Å². The number of hydrogen-bond acceptors (Lipinski definition) is 2. The van der Waals surface area contributed by atoms with E-state index >= 15 is 0 Å². The third-order valence-corrected chi connectivity index (χ3v) is 15.6. The molecule has 0 fully saturated rings. The first-order chi connectivity index (χ1) is 30.5. The predicted molar refractivity (Wildman–Crippen MR) is 263 cm³/mol. The lowest BCUT2D eigenvalue weighted by molar-refractivity contribution is 0.626.